The highest BCUT2D eigenvalue weighted by atomic mass is 32.2. The molecule has 0 bridgehead atoms. The van der Waals surface area contributed by atoms with E-state index in [1.54, 1.807) is 25.1 Å². The van der Waals surface area contributed by atoms with Crippen molar-refractivity contribution in [3.05, 3.63) is 48.2 Å². The largest absolute Gasteiger partial charge is 0.501 e. The molecule has 0 saturated carbocycles. The first kappa shape index (κ1) is 21.7. The fourth-order valence-corrected chi connectivity index (χ4v) is 3.60. The van der Waals surface area contributed by atoms with Crippen molar-refractivity contribution < 1.29 is 32.6 Å². The Balaban J connectivity index is 1.84. The summed E-state index contributed by atoms with van der Waals surface area (Å²) in [5.41, 5.74) is 0.265. The fraction of sp³-hybridized carbons (Fsp3) is 0.389. The van der Waals surface area contributed by atoms with E-state index in [1.807, 2.05) is 5.32 Å². The van der Waals surface area contributed by atoms with Gasteiger partial charge in [0.1, 0.15) is 17.9 Å². The zero-order valence-electron chi connectivity index (χ0n) is 15.0. The number of rotatable bonds is 7. The molecule has 0 radical (unpaired) electrons. The van der Waals surface area contributed by atoms with Gasteiger partial charge in [0.25, 0.3) is 11.8 Å². The molecule has 1 aromatic carbocycles. The highest BCUT2D eigenvalue weighted by molar-refractivity contribution is 8.00. The van der Waals surface area contributed by atoms with E-state index in [-0.39, 0.29) is 11.3 Å². The van der Waals surface area contributed by atoms with Crippen LogP contribution in [0.1, 0.15) is 17.3 Å². The second-order valence-electron chi connectivity index (χ2n) is 5.73. The van der Waals surface area contributed by atoms with Gasteiger partial charge in [0, 0.05) is 11.8 Å². The fourth-order valence-electron chi connectivity index (χ4n) is 2.32. The first-order valence-corrected chi connectivity index (χ1v) is 9.50. The Kier molecular flexibility index (Phi) is 7.80. The molecule has 3 amide bonds. The molecule has 10 heteroatoms. The number of esters is 1. The van der Waals surface area contributed by atoms with E-state index in [4.69, 9.17) is 9.47 Å². The number of imide groups is 1. The predicted molar refractivity (Wildman–Crippen MR) is 99.1 cm³/mol. The quantitative estimate of drug-likeness (QED) is 0.404. The van der Waals surface area contributed by atoms with Crippen LogP contribution in [0.15, 0.2) is 42.7 Å². The molecule has 0 aliphatic carbocycles. The molecule has 152 valence electrons. The monoisotopic (exact) mass is 414 g/mol. The van der Waals surface area contributed by atoms with E-state index >= 15 is 0 Å². The minimum absolute atomic E-state index is 0.0864. The Morgan fingerprint density at radius 2 is 2.00 bits per heavy atom. The molecule has 2 atom stereocenters. The Hall–Kier alpha value is -2.62. The number of hydrogen-bond donors (Lipinski definition) is 2. The molecule has 28 heavy (non-hydrogen) atoms. The van der Waals surface area contributed by atoms with Crippen molar-refractivity contribution in [3.63, 3.8) is 0 Å². The number of nitrogens with one attached hydrogen (secondary N) is 2. The van der Waals surface area contributed by atoms with Gasteiger partial charge in [0.2, 0.25) is 0 Å². The lowest BCUT2D eigenvalue weighted by Crippen LogP contribution is -2.53. The van der Waals surface area contributed by atoms with Gasteiger partial charge in [0.05, 0.1) is 18.4 Å². The molecular formula is C18H20F2N2O5S. The van der Waals surface area contributed by atoms with Crippen LogP contribution < -0.4 is 10.6 Å². The molecule has 1 aliphatic heterocycles. The SMILES string of the molecule is CCO/C=C/C(=O)NC(=O)N[C@@H]1CS[C@H](COC(=O)c2ccccc2)C1(F)F. The molecule has 1 fully saturated rings. The molecule has 1 aliphatic rings. The van der Waals surface area contributed by atoms with Gasteiger partial charge in [0.15, 0.2) is 0 Å². The van der Waals surface area contributed by atoms with Crippen molar-refractivity contribution in [3.8, 4) is 0 Å². The maximum atomic E-state index is 14.5. The van der Waals surface area contributed by atoms with Crippen LogP contribution in [0.3, 0.4) is 0 Å². The van der Waals surface area contributed by atoms with Gasteiger partial charge in [-0.1, -0.05) is 18.2 Å². The molecule has 0 spiro atoms. The predicted octanol–water partition coefficient (Wildman–Crippen LogP) is 2.34. The van der Waals surface area contributed by atoms with Gasteiger partial charge in [-0.25, -0.2) is 18.4 Å². The van der Waals surface area contributed by atoms with Crippen molar-refractivity contribution in [2.75, 3.05) is 19.0 Å². The van der Waals surface area contributed by atoms with Gasteiger partial charge < -0.3 is 14.8 Å². The molecular weight excluding hydrogens is 394 g/mol. The van der Waals surface area contributed by atoms with Crippen LogP contribution in [-0.2, 0) is 14.3 Å². The third-order valence-corrected chi connectivity index (χ3v) is 5.14. The van der Waals surface area contributed by atoms with Crippen LogP contribution in [0.25, 0.3) is 0 Å². The van der Waals surface area contributed by atoms with Crippen LogP contribution in [0, 0.1) is 0 Å². The van der Waals surface area contributed by atoms with E-state index in [1.165, 1.54) is 12.1 Å². The summed E-state index contributed by atoms with van der Waals surface area (Å²) in [5, 5.41) is 2.68. The summed E-state index contributed by atoms with van der Waals surface area (Å²) >= 11 is 0.884. The number of amides is 3. The van der Waals surface area contributed by atoms with Gasteiger partial charge in [-0.15, -0.1) is 11.8 Å². The minimum Gasteiger partial charge on any atom is -0.501 e. The van der Waals surface area contributed by atoms with Crippen LogP contribution in [-0.4, -0.2) is 54.1 Å². The number of ether oxygens (including phenoxy) is 2. The number of carbonyl (C=O) groups excluding carboxylic acids is 3. The number of urea groups is 1. The van der Waals surface area contributed by atoms with E-state index < -0.39 is 41.7 Å². The zero-order chi connectivity index (χ0) is 20.6. The van der Waals surface area contributed by atoms with Gasteiger partial charge in [-0.05, 0) is 19.1 Å². The lowest BCUT2D eigenvalue weighted by atomic mass is 10.1. The number of hydrogen-bond acceptors (Lipinski definition) is 6. The summed E-state index contributed by atoms with van der Waals surface area (Å²) in [6, 6.07) is 5.50. The summed E-state index contributed by atoms with van der Waals surface area (Å²) in [6.07, 6.45) is 2.07. The van der Waals surface area contributed by atoms with Crippen molar-refractivity contribution in [1.29, 1.82) is 0 Å². The van der Waals surface area contributed by atoms with Crippen LogP contribution in [0.5, 0.6) is 0 Å². The molecule has 1 saturated heterocycles. The summed E-state index contributed by atoms with van der Waals surface area (Å²) in [7, 11) is 0. The topological polar surface area (TPSA) is 93.7 Å². The average molecular weight is 414 g/mol. The maximum absolute atomic E-state index is 14.5. The summed E-state index contributed by atoms with van der Waals surface area (Å²) in [5.74, 6) is -4.90. The Morgan fingerprint density at radius 1 is 1.29 bits per heavy atom. The van der Waals surface area contributed by atoms with E-state index in [9.17, 15) is 23.2 Å². The van der Waals surface area contributed by atoms with Gasteiger partial charge in [-0.2, -0.15) is 0 Å². The highest BCUT2D eigenvalue weighted by Crippen LogP contribution is 2.40. The van der Waals surface area contributed by atoms with Crippen molar-refractivity contribution in [2.24, 2.45) is 0 Å². The summed E-state index contributed by atoms with van der Waals surface area (Å²) in [4.78, 5) is 35.1. The molecule has 1 heterocycles. The number of thioether (sulfide) groups is 1. The van der Waals surface area contributed by atoms with Crippen molar-refractivity contribution >= 4 is 29.7 Å². The molecule has 7 nitrogen and oxygen atoms in total. The van der Waals surface area contributed by atoms with Crippen LogP contribution in [0.4, 0.5) is 13.6 Å². The smallest absolute Gasteiger partial charge is 0.338 e. The normalized spacial score (nSPS) is 20.5. The minimum atomic E-state index is -3.32. The lowest BCUT2D eigenvalue weighted by Gasteiger charge is -2.24. The van der Waals surface area contributed by atoms with Crippen molar-refractivity contribution in [2.45, 2.75) is 24.1 Å². The molecule has 0 aromatic heterocycles. The Labute approximate surface area is 164 Å². The number of carbonyl (C=O) groups is 3. The second-order valence-corrected chi connectivity index (χ2v) is 6.97. The molecule has 2 N–H and O–H groups in total. The lowest BCUT2D eigenvalue weighted by molar-refractivity contribution is -0.115. The van der Waals surface area contributed by atoms with E-state index in [0.29, 0.717) is 6.61 Å². The first-order valence-electron chi connectivity index (χ1n) is 8.45. The van der Waals surface area contributed by atoms with E-state index in [2.05, 4.69) is 5.32 Å². The molecule has 2 rings (SSSR count). The van der Waals surface area contributed by atoms with Crippen molar-refractivity contribution in [1.82, 2.24) is 10.6 Å². The van der Waals surface area contributed by atoms with Crippen LogP contribution >= 0.6 is 11.8 Å². The molecule has 0 unspecified atom stereocenters. The standard InChI is InChI=1S/C18H20F2N2O5S/c1-2-26-9-8-15(23)22-17(25)21-13-11-28-14(18(13,19)20)10-27-16(24)12-6-4-3-5-7-12/h3-9,13-14H,2,10-11H2,1H3,(H2,21,22,23,25)/b9-8+/t13-,14-/m1/s1. The first-order chi connectivity index (χ1) is 13.3. The van der Waals surface area contributed by atoms with E-state index in [0.717, 1.165) is 24.1 Å². The summed E-state index contributed by atoms with van der Waals surface area (Å²) in [6.45, 7) is 1.56. The molecule has 1 aromatic rings. The average Bonchev–Trinajstić information content (AvgIpc) is 2.94. The Morgan fingerprint density at radius 3 is 2.68 bits per heavy atom. The highest BCUT2D eigenvalue weighted by Gasteiger charge is 2.54. The number of benzene rings is 1. The second kappa shape index (κ2) is 10.1. The van der Waals surface area contributed by atoms with Gasteiger partial charge >= 0.3 is 12.0 Å². The maximum Gasteiger partial charge on any atom is 0.338 e. The third-order valence-electron chi connectivity index (χ3n) is 3.76. The number of alkyl halides is 2. The Bertz CT molecular complexity index is 730. The summed E-state index contributed by atoms with van der Waals surface area (Å²) < 4.78 is 38.8. The van der Waals surface area contributed by atoms with Crippen LogP contribution in [0.2, 0.25) is 0 Å². The van der Waals surface area contributed by atoms with Gasteiger partial charge in [-0.3, -0.25) is 10.1 Å². The number of halogens is 2. The third kappa shape index (κ3) is 5.95. The zero-order valence-corrected chi connectivity index (χ0v) is 15.8.